The summed E-state index contributed by atoms with van der Waals surface area (Å²) < 4.78 is 4.96. The van der Waals surface area contributed by atoms with Gasteiger partial charge in [0.15, 0.2) is 0 Å². The number of ketones is 1. The molecule has 3 nitrogen and oxygen atoms in total. The third kappa shape index (κ3) is 5.30. The van der Waals surface area contributed by atoms with Crippen LogP contribution in [0.4, 0.5) is 0 Å². The van der Waals surface area contributed by atoms with E-state index in [1.807, 2.05) is 6.92 Å². The minimum absolute atomic E-state index is 0.000197. The molecule has 0 rings (SSSR count). The molecule has 0 heterocycles. The van der Waals surface area contributed by atoms with Gasteiger partial charge in [-0.2, -0.15) is 0 Å². The second kappa shape index (κ2) is 8.67. The Labute approximate surface area is 110 Å². The van der Waals surface area contributed by atoms with Gasteiger partial charge in [-0.3, -0.25) is 4.79 Å². The molecule has 0 saturated heterocycles. The molecule has 3 heteroatoms. The Kier molecular flexibility index (Phi) is 8.01. The fourth-order valence-corrected chi connectivity index (χ4v) is 1.90. The highest BCUT2D eigenvalue weighted by atomic mass is 16.5. The zero-order valence-electron chi connectivity index (χ0n) is 11.6. The van der Waals surface area contributed by atoms with Crippen LogP contribution in [-0.2, 0) is 14.3 Å². The van der Waals surface area contributed by atoms with E-state index < -0.39 is 17.7 Å². The maximum absolute atomic E-state index is 12.1. The number of ether oxygens (including phenoxy) is 1. The van der Waals surface area contributed by atoms with Crippen molar-refractivity contribution < 1.29 is 14.3 Å². The standard InChI is InChI=1S/C15H24O3/c1-6-9-12(8-3)13(10-7-2)14(16)15(17)18-11(4)5/h7-8,11-13H,2-3,6,9-10H2,1,4-5H3/t12-,13+/m0/s1. The number of allylic oxidation sites excluding steroid dienone is 2. The molecule has 0 amide bonds. The monoisotopic (exact) mass is 252 g/mol. The van der Waals surface area contributed by atoms with Gasteiger partial charge in [0.2, 0.25) is 5.78 Å². The summed E-state index contributed by atoms with van der Waals surface area (Å²) >= 11 is 0. The van der Waals surface area contributed by atoms with Crippen molar-refractivity contribution in [3.05, 3.63) is 25.3 Å². The summed E-state index contributed by atoms with van der Waals surface area (Å²) in [6, 6.07) is 0. The second-order valence-corrected chi connectivity index (χ2v) is 4.64. The lowest BCUT2D eigenvalue weighted by Crippen LogP contribution is -2.31. The lowest BCUT2D eigenvalue weighted by Gasteiger charge is -2.21. The summed E-state index contributed by atoms with van der Waals surface area (Å²) in [6.07, 6.45) is 5.39. The van der Waals surface area contributed by atoms with Crippen molar-refractivity contribution in [2.75, 3.05) is 0 Å². The van der Waals surface area contributed by atoms with E-state index >= 15 is 0 Å². The van der Waals surface area contributed by atoms with E-state index in [0.29, 0.717) is 6.42 Å². The quantitative estimate of drug-likeness (QED) is 0.359. The average molecular weight is 252 g/mol. The maximum Gasteiger partial charge on any atom is 0.375 e. The van der Waals surface area contributed by atoms with Gasteiger partial charge in [-0.1, -0.05) is 25.5 Å². The Morgan fingerprint density at radius 2 is 1.89 bits per heavy atom. The van der Waals surface area contributed by atoms with E-state index in [-0.39, 0.29) is 12.0 Å². The van der Waals surface area contributed by atoms with Gasteiger partial charge in [-0.25, -0.2) is 4.79 Å². The third-order valence-electron chi connectivity index (χ3n) is 2.74. The van der Waals surface area contributed by atoms with E-state index in [4.69, 9.17) is 4.74 Å². The number of carbonyl (C=O) groups is 2. The summed E-state index contributed by atoms with van der Waals surface area (Å²) in [6.45, 7) is 12.9. The van der Waals surface area contributed by atoms with Crippen molar-refractivity contribution in [1.29, 1.82) is 0 Å². The van der Waals surface area contributed by atoms with Gasteiger partial charge in [0.05, 0.1) is 6.10 Å². The van der Waals surface area contributed by atoms with Crippen molar-refractivity contribution in [3.63, 3.8) is 0 Å². The molecule has 2 atom stereocenters. The summed E-state index contributed by atoms with van der Waals surface area (Å²) in [4.78, 5) is 23.7. The molecule has 0 fully saturated rings. The molecule has 0 aliphatic carbocycles. The van der Waals surface area contributed by atoms with E-state index in [1.54, 1.807) is 26.0 Å². The Bertz CT molecular complexity index is 305. The van der Waals surface area contributed by atoms with E-state index in [1.165, 1.54) is 0 Å². The van der Waals surface area contributed by atoms with Crippen LogP contribution in [0.15, 0.2) is 25.3 Å². The minimum Gasteiger partial charge on any atom is -0.457 e. The predicted molar refractivity (Wildman–Crippen MR) is 73.1 cm³/mol. The molecule has 0 bridgehead atoms. The molecule has 102 valence electrons. The van der Waals surface area contributed by atoms with Crippen LogP contribution in [0.5, 0.6) is 0 Å². The summed E-state index contributed by atoms with van der Waals surface area (Å²) in [5, 5.41) is 0. The highest BCUT2D eigenvalue weighted by Crippen LogP contribution is 2.24. The highest BCUT2D eigenvalue weighted by molar-refractivity contribution is 6.34. The van der Waals surface area contributed by atoms with Gasteiger partial charge in [0, 0.05) is 5.92 Å². The average Bonchev–Trinajstić information content (AvgIpc) is 2.31. The Hall–Kier alpha value is -1.38. The zero-order valence-corrected chi connectivity index (χ0v) is 11.6. The number of carbonyl (C=O) groups excluding carboxylic acids is 2. The predicted octanol–water partition coefficient (Wildman–Crippen LogP) is 3.30. The first kappa shape index (κ1) is 16.6. The number of rotatable bonds is 9. The number of hydrogen-bond acceptors (Lipinski definition) is 3. The van der Waals surface area contributed by atoms with Crippen molar-refractivity contribution in [2.24, 2.45) is 11.8 Å². The van der Waals surface area contributed by atoms with Crippen LogP contribution in [0.1, 0.15) is 40.0 Å². The largest absolute Gasteiger partial charge is 0.457 e. The van der Waals surface area contributed by atoms with Crippen LogP contribution >= 0.6 is 0 Å². The van der Waals surface area contributed by atoms with Gasteiger partial charge in [0.25, 0.3) is 0 Å². The Morgan fingerprint density at radius 3 is 2.28 bits per heavy atom. The third-order valence-corrected chi connectivity index (χ3v) is 2.74. The molecule has 0 saturated carbocycles. The van der Waals surface area contributed by atoms with Crippen LogP contribution in [-0.4, -0.2) is 17.9 Å². The Balaban J connectivity index is 4.85. The molecule has 0 radical (unpaired) electrons. The molecule has 0 spiro atoms. The molecule has 18 heavy (non-hydrogen) atoms. The van der Waals surface area contributed by atoms with Crippen LogP contribution in [0.25, 0.3) is 0 Å². The van der Waals surface area contributed by atoms with Crippen LogP contribution in [0.2, 0.25) is 0 Å². The molecule has 0 aliphatic heterocycles. The van der Waals surface area contributed by atoms with Crippen LogP contribution in [0.3, 0.4) is 0 Å². The van der Waals surface area contributed by atoms with E-state index in [9.17, 15) is 9.59 Å². The van der Waals surface area contributed by atoms with Crippen molar-refractivity contribution >= 4 is 11.8 Å². The van der Waals surface area contributed by atoms with Crippen molar-refractivity contribution in [1.82, 2.24) is 0 Å². The van der Waals surface area contributed by atoms with Gasteiger partial charge in [0.1, 0.15) is 0 Å². The fourth-order valence-electron chi connectivity index (χ4n) is 1.90. The highest BCUT2D eigenvalue weighted by Gasteiger charge is 2.31. The first-order valence-electron chi connectivity index (χ1n) is 6.46. The van der Waals surface area contributed by atoms with Crippen molar-refractivity contribution in [2.45, 2.75) is 46.1 Å². The van der Waals surface area contributed by atoms with Gasteiger partial charge >= 0.3 is 5.97 Å². The molecular formula is C15H24O3. The fraction of sp³-hybridized carbons (Fsp3) is 0.600. The topological polar surface area (TPSA) is 43.4 Å². The van der Waals surface area contributed by atoms with Crippen molar-refractivity contribution in [3.8, 4) is 0 Å². The maximum atomic E-state index is 12.1. The molecule has 0 N–H and O–H groups in total. The molecule has 0 aromatic heterocycles. The smallest absolute Gasteiger partial charge is 0.375 e. The lowest BCUT2D eigenvalue weighted by atomic mass is 9.83. The van der Waals surface area contributed by atoms with Crippen LogP contribution < -0.4 is 0 Å². The summed E-state index contributed by atoms with van der Waals surface area (Å²) in [5.74, 6) is -1.62. The van der Waals surface area contributed by atoms with Gasteiger partial charge in [-0.05, 0) is 32.6 Å². The number of hydrogen-bond donors (Lipinski definition) is 0. The van der Waals surface area contributed by atoms with Crippen LogP contribution in [0, 0.1) is 11.8 Å². The number of Topliss-reactive ketones (excluding diaryl/α,β-unsaturated/α-hetero) is 1. The normalized spacial score (nSPS) is 13.8. The second-order valence-electron chi connectivity index (χ2n) is 4.64. The SMILES string of the molecule is C=CC[C@@H](C(=O)C(=O)OC(C)C)[C@@H](C=C)CCC. The first-order chi connectivity index (χ1) is 8.47. The molecule has 0 aromatic carbocycles. The Morgan fingerprint density at radius 1 is 1.28 bits per heavy atom. The number of esters is 1. The minimum atomic E-state index is -0.750. The van der Waals surface area contributed by atoms with E-state index in [2.05, 4.69) is 13.2 Å². The molecule has 0 aromatic rings. The first-order valence-corrected chi connectivity index (χ1v) is 6.46. The van der Waals surface area contributed by atoms with E-state index in [0.717, 1.165) is 12.8 Å². The summed E-state index contributed by atoms with van der Waals surface area (Å²) in [7, 11) is 0. The lowest BCUT2D eigenvalue weighted by molar-refractivity contribution is -0.159. The summed E-state index contributed by atoms with van der Waals surface area (Å²) in [5.41, 5.74) is 0. The molecule has 0 unspecified atom stereocenters. The molecular weight excluding hydrogens is 228 g/mol. The van der Waals surface area contributed by atoms with Gasteiger partial charge < -0.3 is 4.74 Å². The molecule has 0 aliphatic rings. The zero-order chi connectivity index (χ0) is 14.1. The van der Waals surface area contributed by atoms with Gasteiger partial charge in [-0.15, -0.1) is 13.2 Å².